The average molecular weight is 327 g/mol. The molecular weight excluding hydrogens is 316 g/mol. The third kappa shape index (κ3) is 2.54. The zero-order chi connectivity index (χ0) is 13.3. The Labute approximate surface area is 117 Å². The van der Waals surface area contributed by atoms with Crippen molar-refractivity contribution in [2.24, 2.45) is 0 Å². The molecule has 94 valence electrons. The molecule has 0 saturated carbocycles. The van der Waals surface area contributed by atoms with E-state index in [2.05, 4.69) is 25.7 Å². The second kappa shape index (κ2) is 5.07. The van der Waals surface area contributed by atoms with Crippen LogP contribution in [-0.4, -0.2) is 18.1 Å². The van der Waals surface area contributed by atoms with E-state index in [1.165, 1.54) is 18.4 Å². The summed E-state index contributed by atoms with van der Waals surface area (Å²) in [6, 6.07) is 5.93. The molecule has 0 radical (unpaired) electrons. The number of carbonyl (C=O) groups excluding carboxylic acids is 1. The van der Waals surface area contributed by atoms with Crippen molar-refractivity contribution in [3.05, 3.63) is 33.9 Å². The number of anilines is 1. The van der Waals surface area contributed by atoms with Crippen molar-refractivity contribution in [2.45, 2.75) is 6.92 Å². The Balaban J connectivity index is 2.48. The van der Waals surface area contributed by atoms with E-state index in [0.29, 0.717) is 10.0 Å². The van der Waals surface area contributed by atoms with Gasteiger partial charge >= 0.3 is 5.97 Å². The lowest BCUT2D eigenvalue weighted by Crippen LogP contribution is -2.04. The molecule has 6 heteroatoms. The van der Waals surface area contributed by atoms with Gasteiger partial charge in [0.1, 0.15) is 10.0 Å². The highest BCUT2D eigenvalue weighted by atomic mass is 79.9. The first-order chi connectivity index (χ1) is 8.51. The summed E-state index contributed by atoms with van der Waals surface area (Å²) < 4.78 is 5.59. The molecule has 2 N–H and O–H groups in total. The molecule has 0 saturated heterocycles. The number of carbonyl (C=O) groups is 1. The fourth-order valence-electron chi connectivity index (χ4n) is 1.56. The number of esters is 1. The van der Waals surface area contributed by atoms with Crippen molar-refractivity contribution < 1.29 is 9.53 Å². The second-order valence-electron chi connectivity index (χ2n) is 3.74. The third-order valence-corrected chi connectivity index (χ3v) is 3.71. The number of thiazole rings is 1. The normalized spacial score (nSPS) is 10.4. The molecule has 2 rings (SSSR count). The largest absolute Gasteiger partial charge is 0.464 e. The van der Waals surface area contributed by atoms with Crippen LogP contribution in [-0.2, 0) is 4.74 Å². The number of aromatic nitrogens is 1. The average Bonchev–Trinajstić information content (AvgIpc) is 2.69. The maximum Gasteiger partial charge on any atom is 0.359 e. The zero-order valence-corrected chi connectivity index (χ0v) is 12.3. The van der Waals surface area contributed by atoms with Crippen molar-refractivity contribution in [1.29, 1.82) is 0 Å². The summed E-state index contributed by atoms with van der Waals surface area (Å²) in [5, 5.41) is 1.08. The molecule has 0 unspecified atom stereocenters. The molecule has 0 aliphatic carbocycles. The van der Waals surface area contributed by atoms with Gasteiger partial charge in [0.05, 0.1) is 7.11 Å². The molecule has 0 bridgehead atoms. The van der Waals surface area contributed by atoms with Crippen LogP contribution in [0, 0.1) is 6.92 Å². The molecule has 0 aliphatic rings. The highest BCUT2D eigenvalue weighted by Gasteiger charge is 2.17. The number of nitrogens with two attached hydrogens (primary N) is 1. The minimum absolute atomic E-state index is 0.176. The van der Waals surface area contributed by atoms with Crippen LogP contribution in [0.5, 0.6) is 0 Å². The Bertz CT molecular complexity index is 590. The van der Waals surface area contributed by atoms with Crippen LogP contribution in [0.3, 0.4) is 0 Å². The summed E-state index contributed by atoms with van der Waals surface area (Å²) in [5.41, 5.74) is 7.98. The van der Waals surface area contributed by atoms with Crippen LogP contribution in [0.4, 0.5) is 5.00 Å². The van der Waals surface area contributed by atoms with E-state index in [1.807, 2.05) is 25.1 Å². The Morgan fingerprint density at radius 1 is 1.44 bits per heavy atom. The number of halogens is 1. The summed E-state index contributed by atoms with van der Waals surface area (Å²) in [5.74, 6) is -0.512. The maximum atomic E-state index is 11.4. The zero-order valence-electron chi connectivity index (χ0n) is 9.86. The Morgan fingerprint density at radius 3 is 2.78 bits per heavy atom. The minimum Gasteiger partial charge on any atom is -0.464 e. The number of ether oxygens (including phenoxy) is 1. The molecule has 0 spiro atoms. The molecule has 0 amide bonds. The second-order valence-corrected chi connectivity index (χ2v) is 5.69. The Morgan fingerprint density at radius 2 is 2.17 bits per heavy atom. The molecule has 0 atom stereocenters. The van der Waals surface area contributed by atoms with Gasteiger partial charge in [-0.25, -0.2) is 9.78 Å². The third-order valence-electron chi connectivity index (χ3n) is 2.32. The van der Waals surface area contributed by atoms with Gasteiger partial charge in [0.25, 0.3) is 0 Å². The smallest absolute Gasteiger partial charge is 0.359 e. The fourth-order valence-corrected chi connectivity index (χ4v) is 2.97. The van der Waals surface area contributed by atoms with E-state index in [-0.39, 0.29) is 5.69 Å². The van der Waals surface area contributed by atoms with Gasteiger partial charge in [-0.05, 0) is 30.7 Å². The van der Waals surface area contributed by atoms with Crippen LogP contribution in [0.1, 0.15) is 16.1 Å². The molecule has 2 aromatic rings. The first-order valence-corrected chi connectivity index (χ1v) is 6.74. The van der Waals surface area contributed by atoms with Gasteiger partial charge in [0, 0.05) is 10.0 Å². The van der Waals surface area contributed by atoms with Crippen LogP contribution in [0.15, 0.2) is 22.7 Å². The van der Waals surface area contributed by atoms with Crippen molar-refractivity contribution in [1.82, 2.24) is 4.98 Å². The van der Waals surface area contributed by atoms with Gasteiger partial charge in [-0.3, -0.25) is 0 Å². The number of nitrogens with zero attached hydrogens (tertiary/aromatic N) is 1. The first kappa shape index (κ1) is 13.0. The Hall–Kier alpha value is -1.40. The summed E-state index contributed by atoms with van der Waals surface area (Å²) in [6.07, 6.45) is 0. The molecule has 4 nitrogen and oxygen atoms in total. The molecule has 0 fully saturated rings. The van der Waals surface area contributed by atoms with E-state index < -0.39 is 5.97 Å². The van der Waals surface area contributed by atoms with Crippen molar-refractivity contribution >= 4 is 38.2 Å². The van der Waals surface area contributed by atoms with Crippen LogP contribution in [0.2, 0.25) is 0 Å². The van der Waals surface area contributed by atoms with E-state index in [0.717, 1.165) is 15.6 Å². The van der Waals surface area contributed by atoms with Gasteiger partial charge in [-0.15, -0.1) is 0 Å². The highest BCUT2D eigenvalue weighted by molar-refractivity contribution is 9.10. The van der Waals surface area contributed by atoms with E-state index >= 15 is 0 Å². The van der Waals surface area contributed by atoms with Crippen LogP contribution >= 0.6 is 27.3 Å². The molecule has 18 heavy (non-hydrogen) atoms. The topological polar surface area (TPSA) is 65.2 Å². The van der Waals surface area contributed by atoms with E-state index in [1.54, 1.807) is 0 Å². The van der Waals surface area contributed by atoms with E-state index in [9.17, 15) is 4.79 Å². The van der Waals surface area contributed by atoms with Crippen LogP contribution in [0.25, 0.3) is 10.6 Å². The number of benzene rings is 1. The minimum atomic E-state index is -0.512. The van der Waals surface area contributed by atoms with Gasteiger partial charge in [-0.1, -0.05) is 27.3 Å². The first-order valence-electron chi connectivity index (χ1n) is 5.13. The Kier molecular flexibility index (Phi) is 3.68. The van der Waals surface area contributed by atoms with Gasteiger partial charge in [-0.2, -0.15) is 0 Å². The predicted octanol–water partition coefficient (Wildman–Crippen LogP) is 3.25. The van der Waals surface area contributed by atoms with Gasteiger partial charge in [0.2, 0.25) is 0 Å². The number of hydrogen-bond donors (Lipinski definition) is 1. The molecule has 1 heterocycles. The maximum absolute atomic E-state index is 11.4. The summed E-state index contributed by atoms with van der Waals surface area (Å²) in [6.45, 7) is 1.99. The van der Waals surface area contributed by atoms with Crippen LogP contribution < -0.4 is 5.73 Å². The SMILES string of the molecule is COC(=O)c1nc(-c2cc(C)cc(Br)c2)sc1N. The number of hydrogen-bond acceptors (Lipinski definition) is 5. The number of aryl methyl sites for hydroxylation is 1. The van der Waals surface area contributed by atoms with Gasteiger partial charge in [0.15, 0.2) is 5.69 Å². The quantitative estimate of drug-likeness (QED) is 0.860. The predicted molar refractivity (Wildman–Crippen MR) is 75.7 cm³/mol. The van der Waals surface area contributed by atoms with Gasteiger partial charge < -0.3 is 10.5 Å². The molecule has 1 aromatic carbocycles. The molecule has 0 aliphatic heterocycles. The van der Waals surface area contributed by atoms with Crippen molar-refractivity contribution in [2.75, 3.05) is 12.8 Å². The standard InChI is InChI=1S/C12H11BrN2O2S/c1-6-3-7(5-8(13)4-6)11-15-9(10(14)18-11)12(16)17-2/h3-5H,14H2,1-2H3. The summed E-state index contributed by atoms with van der Waals surface area (Å²) in [7, 11) is 1.31. The summed E-state index contributed by atoms with van der Waals surface area (Å²) >= 11 is 4.71. The van der Waals surface area contributed by atoms with Crippen molar-refractivity contribution in [3.8, 4) is 10.6 Å². The molecule has 1 aromatic heterocycles. The summed E-state index contributed by atoms with van der Waals surface area (Å²) in [4.78, 5) is 15.7. The number of nitrogen functional groups attached to an aromatic ring is 1. The lowest BCUT2D eigenvalue weighted by molar-refractivity contribution is 0.0596. The van der Waals surface area contributed by atoms with E-state index in [4.69, 9.17) is 5.73 Å². The number of rotatable bonds is 2. The lowest BCUT2D eigenvalue weighted by Gasteiger charge is -2.00. The lowest BCUT2D eigenvalue weighted by atomic mass is 10.1. The fraction of sp³-hybridized carbons (Fsp3) is 0.167. The van der Waals surface area contributed by atoms with Crippen molar-refractivity contribution in [3.63, 3.8) is 0 Å². The highest BCUT2D eigenvalue weighted by Crippen LogP contribution is 2.32. The monoisotopic (exact) mass is 326 g/mol. The molecular formula is C12H11BrN2O2S. The number of methoxy groups -OCH3 is 1.